The molecule has 1 aromatic heterocycles. The van der Waals surface area contributed by atoms with Gasteiger partial charge in [-0.1, -0.05) is 36.4 Å². The zero-order chi connectivity index (χ0) is 23.6. The number of hydrogen-bond donors (Lipinski definition) is 2. The minimum Gasteiger partial charge on any atom is -0.465 e. The molecule has 33 heavy (non-hydrogen) atoms. The molecule has 0 bridgehead atoms. The van der Waals surface area contributed by atoms with Crippen molar-refractivity contribution in [2.24, 2.45) is 0 Å². The van der Waals surface area contributed by atoms with Crippen LogP contribution in [-0.2, 0) is 14.8 Å². The summed E-state index contributed by atoms with van der Waals surface area (Å²) >= 11 is 0. The van der Waals surface area contributed by atoms with Gasteiger partial charge in [0.1, 0.15) is 5.69 Å². The first-order chi connectivity index (χ1) is 15.8. The Morgan fingerprint density at radius 1 is 0.939 bits per heavy atom. The van der Waals surface area contributed by atoms with Crippen molar-refractivity contribution >= 4 is 38.3 Å². The molecule has 2 N–H and O–H groups in total. The summed E-state index contributed by atoms with van der Waals surface area (Å²) in [4.78, 5) is 11.8. The molecule has 9 heteroatoms. The molecule has 0 atom stereocenters. The number of anilines is 2. The van der Waals surface area contributed by atoms with Crippen molar-refractivity contribution < 1.29 is 17.9 Å². The van der Waals surface area contributed by atoms with E-state index < -0.39 is 16.0 Å². The molecule has 0 aliphatic heterocycles. The molecule has 168 valence electrons. The van der Waals surface area contributed by atoms with E-state index in [1.807, 2.05) is 30.3 Å². The molecule has 4 aromatic rings. The van der Waals surface area contributed by atoms with Gasteiger partial charge in [-0.2, -0.15) is 0 Å². The fraction of sp³-hybridized carbons (Fsp3) is 0.125. The molecule has 3 aromatic carbocycles. The van der Waals surface area contributed by atoms with Crippen LogP contribution in [0.1, 0.15) is 15.9 Å². The average Bonchev–Trinajstić information content (AvgIpc) is 2.84. The summed E-state index contributed by atoms with van der Waals surface area (Å²) in [5, 5.41) is 13.6. The first kappa shape index (κ1) is 22.4. The van der Waals surface area contributed by atoms with Crippen LogP contribution in [0.15, 0.2) is 71.6 Å². The minimum atomic E-state index is -3.62. The van der Waals surface area contributed by atoms with Crippen LogP contribution in [0.25, 0.3) is 22.0 Å². The van der Waals surface area contributed by atoms with Gasteiger partial charge >= 0.3 is 5.97 Å². The van der Waals surface area contributed by atoms with Crippen LogP contribution in [0.2, 0.25) is 0 Å². The Hall–Kier alpha value is -3.82. The molecule has 0 aliphatic rings. The topological polar surface area (TPSA) is 110 Å². The summed E-state index contributed by atoms with van der Waals surface area (Å²) in [5.74, 6) is 0.129. The number of hydrogen-bond acceptors (Lipinski definition) is 7. The van der Waals surface area contributed by atoms with Gasteiger partial charge in [-0.15, -0.1) is 10.2 Å². The Bertz CT molecular complexity index is 1450. The first-order valence-electron chi connectivity index (χ1n) is 10.1. The van der Waals surface area contributed by atoms with Crippen LogP contribution in [0.3, 0.4) is 0 Å². The van der Waals surface area contributed by atoms with Crippen molar-refractivity contribution in [3.8, 4) is 11.3 Å². The number of methoxy groups -OCH3 is 1. The van der Waals surface area contributed by atoms with Crippen LogP contribution >= 0.6 is 0 Å². The van der Waals surface area contributed by atoms with Crippen LogP contribution in [0.4, 0.5) is 11.5 Å². The third kappa shape index (κ3) is 4.41. The summed E-state index contributed by atoms with van der Waals surface area (Å²) in [6.07, 6.45) is 0. The largest absolute Gasteiger partial charge is 0.465 e. The molecular weight excluding hydrogens is 440 g/mol. The number of esters is 1. The van der Waals surface area contributed by atoms with Gasteiger partial charge in [0.2, 0.25) is 10.0 Å². The number of benzene rings is 3. The lowest BCUT2D eigenvalue weighted by atomic mass is 10.0. The third-order valence-corrected chi connectivity index (χ3v) is 6.83. The van der Waals surface area contributed by atoms with E-state index in [2.05, 4.69) is 20.2 Å². The molecule has 8 nitrogen and oxygen atoms in total. The van der Waals surface area contributed by atoms with Gasteiger partial charge in [0.05, 0.1) is 17.6 Å². The van der Waals surface area contributed by atoms with Gasteiger partial charge in [-0.3, -0.25) is 0 Å². The summed E-state index contributed by atoms with van der Waals surface area (Å²) in [5.41, 5.74) is 3.03. The zero-order valence-electron chi connectivity index (χ0n) is 18.3. The van der Waals surface area contributed by atoms with Gasteiger partial charge in [0.15, 0.2) is 5.82 Å². The quantitative estimate of drug-likeness (QED) is 0.416. The van der Waals surface area contributed by atoms with Crippen LogP contribution in [0.5, 0.6) is 0 Å². The lowest BCUT2D eigenvalue weighted by Crippen LogP contribution is -2.19. The number of rotatable bonds is 6. The number of ether oxygens (including phenoxy) is 1. The SMILES string of the molecule is CNS(=O)(=O)c1cc(-c2nnc(Nc3ccc(C(=O)OC)cc3)c3ccccc23)ccc1C. The van der Waals surface area contributed by atoms with E-state index in [0.29, 0.717) is 28.2 Å². The fourth-order valence-corrected chi connectivity index (χ4v) is 4.49. The van der Waals surface area contributed by atoms with Crippen molar-refractivity contribution in [3.05, 3.63) is 77.9 Å². The standard InChI is InChI=1S/C24H22N4O4S/c1-15-8-9-17(14-21(15)33(30,31)25-2)22-19-6-4-5-7-20(19)23(28-27-22)26-18-12-10-16(11-13-18)24(29)32-3/h4-14,25H,1-3H3,(H,26,28). The molecule has 1 heterocycles. The van der Waals surface area contributed by atoms with Crippen LogP contribution < -0.4 is 10.0 Å². The number of aromatic nitrogens is 2. The Morgan fingerprint density at radius 2 is 1.64 bits per heavy atom. The minimum absolute atomic E-state index is 0.196. The highest BCUT2D eigenvalue weighted by Crippen LogP contribution is 2.32. The van der Waals surface area contributed by atoms with Gasteiger partial charge in [0.25, 0.3) is 0 Å². The maximum Gasteiger partial charge on any atom is 0.337 e. The predicted molar refractivity (Wildman–Crippen MR) is 127 cm³/mol. The number of carbonyl (C=O) groups is 1. The molecule has 0 aliphatic carbocycles. The van der Waals surface area contributed by atoms with Crippen molar-refractivity contribution in [2.75, 3.05) is 19.5 Å². The predicted octanol–water partition coefficient (Wildman–Crippen LogP) is 4.04. The number of carbonyl (C=O) groups excluding carboxylic acids is 1. The number of nitrogens with zero attached hydrogens (tertiary/aromatic N) is 2. The fourth-order valence-electron chi connectivity index (χ4n) is 3.50. The zero-order valence-corrected chi connectivity index (χ0v) is 19.1. The number of sulfonamides is 1. The average molecular weight is 463 g/mol. The highest BCUT2D eigenvalue weighted by molar-refractivity contribution is 7.89. The van der Waals surface area contributed by atoms with Crippen LogP contribution in [-0.4, -0.2) is 38.7 Å². The monoisotopic (exact) mass is 462 g/mol. The number of nitrogens with one attached hydrogen (secondary N) is 2. The van der Waals surface area contributed by atoms with Gasteiger partial charge in [0, 0.05) is 22.0 Å². The first-order valence-corrected chi connectivity index (χ1v) is 11.6. The van der Waals surface area contributed by atoms with E-state index in [-0.39, 0.29) is 4.90 Å². The van der Waals surface area contributed by atoms with Crippen molar-refractivity contribution in [1.82, 2.24) is 14.9 Å². The highest BCUT2D eigenvalue weighted by Gasteiger charge is 2.18. The molecule has 0 radical (unpaired) electrons. The molecule has 0 amide bonds. The third-order valence-electron chi connectivity index (χ3n) is 5.28. The van der Waals surface area contributed by atoms with Crippen molar-refractivity contribution in [2.45, 2.75) is 11.8 Å². The summed E-state index contributed by atoms with van der Waals surface area (Å²) in [6.45, 7) is 1.75. The van der Waals surface area contributed by atoms with Gasteiger partial charge in [-0.05, 0) is 49.9 Å². The van der Waals surface area contributed by atoms with E-state index in [9.17, 15) is 13.2 Å². The maximum absolute atomic E-state index is 12.4. The Morgan fingerprint density at radius 3 is 2.30 bits per heavy atom. The number of aryl methyl sites for hydroxylation is 1. The highest BCUT2D eigenvalue weighted by atomic mass is 32.2. The maximum atomic E-state index is 12.4. The summed E-state index contributed by atoms with van der Waals surface area (Å²) in [7, 11) is -0.897. The Balaban J connectivity index is 1.77. The summed E-state index contributed by atoms with van der Waals surface area (Å²) < 4.78 is 31.9. The van der Waals surface area contributed by atoms with Gasteiger partial charge < -0.3 is 10.1 Å². The van der Waals surface area contributed by atoms with Gasteiger partial charge in [-0.25, -0.2) is 17.9 Å². The van der Waals surface area contributed by atoms with E-state index in [4.69, 9.17) is 4.74 Å². The van der Waals surface area contributed by atoms with E-state index in [0.717, 1.165) is 16.5 Å². The molecule has 0 fully saturated rings. The number of fused-ring (bicyclic) bond motifs is 1. The second-order valence-corrected chi connectivity index (χ2v) is 9.18. The molecule has 4 rings (SSSR count). The molecule has 0 saturated heterocycles. The van der Waals surface area contributed by atoms with Crippen LogP contribution in [0, 0.1) is 6.92 Å². The smallest absolute Gasteiger partial charge is 0.337 e. The Kier molecular flexibility index (Phi) is 6.08. The molecule has 0 unspecified atom stereocenters. The lowest BCUT2D eigenvalue weighted by molar-refractivity contribution is 0.0600. The molecule has 0 spiro atoms. The van der Waals surface area contributed by atoms with Crippen molar-refractivity contribution in [1.29, 1.82) is 0 Å². The van der Waals surface area contributed by atoms with E-state index in [1.54, 1.807) is 43.3 Å². The second kappa shape index (κ2) is 8.97. The van der Waals surface area contributed by atoms with E-state index >= 15 is 0 Å². The second-order valence-electron chi connectivity index (χ2n) is 7.32. The molecule has 0 saturated carbocycles. The van der Waals surface area contributed by atoms with Crippen molar-refractivity contribution in [3.63, 3.8) is 0 Å². The van der Waals surface area contributed by atoms with E-state index in [1.165, 1.54) is 14.2 Å². The lowest BCUT2D eigenvalue weighted by Gasteiger charge is -2.13. The summed E-state index contributed by atoms with van der Waals surface area (Å²) in [6, 6.07) is 19.6. The Labute approximate surface area is 191 Å². The normalized spacial score (nSPS) is 11.4. The molecular formula is C24H22N4O4S.